The molecule has 102 valence electrons. The van der Waals surface area contributed by atoms with Crippen LogP contribution in [0.4, 0.5) is 0 Å². The smallest absolute Gasteiger partial charge is 0.0768 e. The van der Waals surface area contributed by atoms with E-state index in [-0.39, 0.29) is 0 Å². The van der Waals surface area contributed by atoms with Gasteiger partial charge in [-0.15, -0.1) is 5.10 Å². The number of aryl methyl sites for hydroxylation is 1. The zero-order chi connectivity index (χ0) is 12.8. The average Bonchev–Trinajstić information content (AvgIpc) is 2.85. The predicted molar refractivity (Wildman–Crippen MR) is 80.3 cm³/mol. The Hall–Kier alpha value is -0.200. The van der Waals surface area contributed by atoms with Gasteiger partial charge in [-0.05, 0) is 13.0 Å². The number of nitrogens with one attached hydrogen (secondary N) is 1. The molecule has 0 aliphatic carbocycles. The Balaban J connectivity index is 2.14. The molecule has 6 heteroatoms. The molecule has 2 atom stereocenters. The summed E-state index contributed by atoms with van der Waals surface area (Å²) in [5.41, 5.74) is 1.25. The van der Waals surface area contributed by atoms with Crippen LogP contribution in [0.2, 0.25) is 0 Å². The van der Waals surface area contributed by atoms with Crippen LogP contribution in [0.1, 0.15) is 32.0 Å². The van der Waals surface area contributed by atoms with E-state index in [1.54, 1.807) is 0 Å². The quantitative estimate of drug-likeness (QED) is 0.868. The Labute approximate surface area is 118 Å². The molecule has 0 amide bonds. The number of hydrogen-bond acceptors (Lipinski definition) is 5. The van der Waals surface area contributed by atoms with Gasteiger partial charge in [0.25, 0.3) is 0 Å². The molecular formula is C12H22N4S2. The monoisotopic (exact) mass is 286 g/mol. The van der Waals surface area contributed by atoms with E-state index in [0.29, 0.717) is 11.3 Å². The second-order valence-corrected chi connectivity index (χ2v) is 6.90. The predicted octanol–water partition coefficient (Wildman–Crippen LogP) is 2.19. The Kier molecular flexibility index (Phi) is 5.85. The van der Waals surface area contributed by atoms with Crippen LogP contribution < -0.4 is 5.32 Å². The van der Waals surface area contributed by atoms with E-state index in [9.17, 15) is 0 Å². The first kappa shape index (κ1) is 14.2. The standard InChI is InChI=1S/C12H22N4S2/c1-3-5-16-10(8-14-15-16)12(13-4-2)11-9-17-6-7-18-11/h8,11-13H,3-7,9H2,1-2H3. The molecule has 1 saturated heterocycles. The molecule has 2 unspecified atom stereocenters. The number of rotatable bonds is 6. The molecular weight excluding hydrogens is 264 g/mol. The van der Waals surface area contributed by atoms with E-state index in [2.05, 4.69) is 57.7 Å². The third kappa shape index (κ3) is 3.42. The van der Waals surface area contributed by atoms with Crippen LogP contribution in [0.5, 0.6) is 0 Å². The Morgan fingerprint density at radius 2 is 2.39 bits per heavy atom. The van der Waals surface area contributed by atoms with Crippen molar-refractivity contribution in [2.75, 3.05) is 23.8 Å². The summed E-state index contributed by atoms with van der Waals surface area (Å²) in [4.78, 5) is 0. The lowest BCUT2D eigenvalue weighted by molar-refractivity contribution is 0.474. The summed E-state index contributed by atoms with van der Waals surface area (Å²) in [7, 11) is 0. The molecule has 1 fully saturated rings. The minimum atomic E-state index is 0.384. The van der Waals surface area contributed by atoms with E-state index < -0.39 is 0 Å². The van der Waals surface area contributed by atoms with Gasteiger partial charge in [0.15, 0.2) is 0 Å². The second-order valence-electron chi connectivity index (χ2n) is 4.40. The van der Waals surface area contributed by atoms with Gasteiger partial charge in [-0.25, -0.2) is 4.68 Å². The zero-order valence-corrected chi connectivity index (χ0v) is 12.8. The van der Waals surface area contributed by atoms with Gasteiger partial charge in [0.1, 0.15) is 0 Å². The van der Waals surface area contributed by atoms with Crippen molar-refractivity contribution >= 4 is 23.5 Å². The zero-order valence-electron chi connectivity index (χ0n) is 11.1. The molecule has 2 heterocycles. The van der Waals surface area contributed by atoms with Gasteiger partial charge < -0.3 is 5.32 Å². The molecule has 1 N–H and O–H groups in total. The third-order valence-corrected chi connectivity index (χ3v) is 5.90. The molecule has 0 saturated carbocycles. The Morgan fingerprint density at radius 1 is 1.50 bits per heavy atom. The van der Waals surface area contributed by atoms with Crippen molar-refractivity contribution in [3.05, 3.63) is 11.9 Å². The lowest BCUT2D eigenvalue weighted by atomic mass is 10.1. The SMILES string of the molecule is CCCn1nncc1C(NCC)C1CSCCS1. The normalized spacial score (nSPS) is 22.0. The minimum absolute atomic E-state index is 0.384. The van der Waals surface area contributed by atoms with Gasteiger partial charge in [-0.2, -0.15) is 23.5 Å². The van der Waals surface area contributed by atoms with Gasteiger partial charge in [-0.3, -0.25) is 0 Å². The highest BCUT2D eigenvalue weighted by atomic mass is 32.2. The van der Waals surface area contributed by atoms with Crippen LogP contribution in [0.3, 0.4) is 0 Å². The Bertz CT molecular complexity index is 350. The van der Waals surface area contributed by atoms with Gasteiger partial charge in [-0.1, -0.05) is 19.1 Å². The summed E-state index contributed by atoms with van der Waals surface area (Å²) in [5, 5.41) is 12.6. The fourth-order valence-corrected chi connectivity index (χ4v) is 5.09. The number of aromatic nitrogens is 3. The average molecular weight is 286 g/mol. The molecule has 0 bridgehead atoms. The van der Waals surface area contributed by atoms with Gasteiger partial charge in [0, 0.05) is 29.1 Å². The van der Waals surface area contributed by atoms with E-state index in [1.165, 1.54) is 23.0 Å². The molecule has 0 radical (unpaired) electrons. The van der Waals surface area contributed by atoms with Crippen molar-refractivity contribution in [2.24, 2.45) is 0 Å². The first-order valence-electron chi connectivity index (χ1n) is 6.68. The maximum absolute atomic E-state index is 4.21. The lowest BCUT2D eigenvalue weighted by Crippen LogP contribution is -2.35. The molecule has 2 rings (SSSR count). The van der Waals surface area contributed by atoms with Crippen LogP contribution in [-0.2, 0) is 6.54 Å². The van der Waals surface area contributed by atoms with E-state index in [0.717, 1.165) is 19.5 Å². The summed E-state index contributed by atoms with van der Waals surface area (Å²) >= 11 is 4.15. The highest BCUT2D eigenvalue weighted by molar-refractivity contribution is 8.06. The highest BCUT2D eigenvalue weighted by Crippen LogP contribution is 2.33. The largest absolute Gasteiger partial charge is 0.308 e. The fraction of sp³-hybridized carbons (Fsp3) is 0.833. The van der Waals surface area contributed by atoms with Crippen LogP contribution in [0.25, 0.3) is 0 Å². The topological polar surface area (TPSA) is 42.7 Å². The molecule has 1 aliphatic heterocycles. The lowest BCUT2D eigenvalue weighted by Gasteiger charge is -2.30. The van der Waals surface area contributed by atoms with Gasteiger partial charge >= 0.3 is 0 Å². The fourth-order valence-electron chi connectivity index (χ4n) is 2.24. The molecule has 0 spiro atoms. The number of hydrogen-bond donors (Lipinski definition) is 1. The number of nitrogens with zero attached hydrogens (tertiary/aromatic N) is 3. The van der Waals surface area contributed by atoms with Crippen molar-refractivity contribution < 1.29 is 0 Å². The van der Waals surface area contributed by atoms with Crippen molar-refractivity contribution in [3.8, 4) is 0 Å². The second kappa shape index (κ2) is 7.40. The van der Waals surface area contributed by atoms with Crippen molar-refractivity contribution in [3.63, 3.8) is 0 Å². The minimum Gasteiger partial charge on any atom is -0.308 e. The maximum Gasteiger partial charge on any atom is 0.0768 e. The first-order chi connectivity index (χ1) is 8.86. The molecule has 4 nitrogen and oxygen atoms in total. The van der Waals surface area contributed by atoms with Crippen LogP contribution in [0.15, 0.2) is 6.20 Å². The van der Waals surface area contributed by atoms with Crippen molar-refractivity contribution in [2.45, 2.75) is 38.1 Å². The molecule has 18 heavy (non-hydrogen) atoms. The first-order valence-corrected chi connectivity index (χ1v) is 8.88. The summed E-state index contributed by atoms with van der Waals surface area (Å²) < 4.78 is 2.06. The molecule has 0 aromatic carbocycles. The third-order valence-electron chi connectivity index (χ3n) is 3.04. The molecule has 1 aromatic heterocycles. The van der Waals surface area contributed by atoms with E-state index >= 15 is 0 Å². The highest BCUT2D eigenvalue weighted by Gasteiger charge is 2.28. The van der Waals surface area contributed by atoms with Crippen molar-refractivity contribution in [1.29, 1.82) is 0 Å². The van der Waals surface area contributed by atoms with Gasteiger partial charge in [0.2, 0.25) is 0 Å². The summed E-state index contributed by atoms with van der Waals surface area (Å²) in [6.45, 7) is 6.30. The number of thioether (sulfide) groups is 2. The summed E-state index contributed by atoms with van der Waals surface area (Å²) in [6.07, 6.45) is 3.03. The molecule has 1 aliphatic rings. The Morgan fingerprint density at radius 3 is 3.06 bits per heavy atom. The van der Waals surface area contributed by atoms with Crippen LogP contribution in [0, 0.1) is 0 Å². The summed E-state index contributed by atoms with van der Waals surface area (Å²) in [6, 6.07) is 0.384. The van der Waals surface area contributed by atoms with Gasteiger partial charge in [0.05, 0.1) is 17.9 Å². The summed E-state index contributed by atoms with van der Waals surface area (Å²) in [5.74, 6) is 3.76. The van der Waals surface area contributed by atoms with Crippen LogP contribution >= 0.6 is 23.5 Å². The molecule has 1 aromatic rings. The van der Waals surface area contributed by atoms with Crippen molar-refractivity contribution in [1.82, 2.24) is 20.3 Å². The van der Waals surface area contributed by atoms with E-state index in [1.807, 2.05) is 6.20 Å². The maximum atomic E-state index is 4.21. The van der Waals surface area contributed by atoms with Crippen LogP contribution in [-0.4, -0.2) is 44.0 Å². The van der Waals surface area contributed by atoms with E-state index in [4.69, 9.17) is 0 Å².